The molecule has 3 spiro atoms. The standard InChI is InChI=1S/C43H26N2O2.C39H24N2OS.C36H21NO2/c1-2-13-28(14-3-1)41-44-45-42(47-41)40-30-15-5-4-12-27(30)22-24-31(40)29-23-25-39-37(26-29)43(36-20-10-11-21-38(36)46-39)34-18-8-6-16-32(34)33-17-7-9-19-35(33)43;1-2-10-25(11-3-1)33-19-20-34(41-40-33)38-23-22-37(43-38)26-18-21-36-32(24-26)39(31-16-8-9-17-35(31)42-36)29-14-6-4-12-27(29)28-13-5-7-15-30(28)39;37-22-23-13-15-24(16-14-23)32-19-20-33(38-32)25-17-18-35-31(21-25)36(30-11-5-6-12-34(30)39-35)28-9-3-1-7-26(28)27-8-2-4-10-29(27)36/h1-26H;1-24H;1-21H. The lowest BCUT2D eigenvalue weighted by molar-refractivity contribution is 0.436. The van der Waals surface area contributed by atoms with Gasteiger partial charge < -0.3 is 23.0 Å². The first-order chi connectivity index (χ1) is 63.9. The summed E-state index contributed by atoms with van der Waals surface area (Å²) in [4.78, 5) is 2.27. The first-order valence-electron chi connectivity index (χ1n) is 43.2. The van der Waals surface area contributed by atoms with Crippen LogP contribution >= 0.6 is 11.3 Å². The highest BCUT2D eigenvalue weighted by atomic mass is 32.1. The van der Waals surface area contributed by atoms with Crippen LogP contribution in [0.1, 0.15) is 72.3 Å². The summed E-state index contributed by atoms with van der Waals surface area (Å²) in [5.41, 5.74) is 30.9. The Hall–Kier alpha value is -16.9. The number of thiophene rings is 1. The summed E-state index contributed by atoms with van der Waals surface area (Å²) in [7, 11) is 0. The Morgan fingerprint density at radius 1 is 0.233 bits per heavy atom. The number of nitrogens with zero attached hydrogens (tertiary/aromatic N) is 5. The molecule has 11 heteroatoms. The largest absolute Gasteiger partial charge is 0.457 e. The van der Waals surface area contributed by atoms with Crippen molar-refractivity contribution < 1.29 is 23.0 Å². The average Bonchev–Trinajstić information content (AvgIpc) is 1.54. The van der Waals surface area contributed by atoms with E-state index in [9.17, 15) is 0 Å². The molecule has 129 heavy (non-hydrogen) atoms. The number of fused-ring (bicyclic) bond motifs is 28. The van der Waals surface area contributed by atoms with Gasteiger partial charge >= 0.3 is 0 Å². The molecule has 4 aromatic heterocycles. The van der Waals surface area contributed by atoms with E-state index in [4.69, 9.17) is 28.3 Å². The van der Waals surface area contributed by atoms with E-state index >= 15 is 0 Å². The van der Waals surface area contributed by atoms with E-state index in [1.54, 1.807) is 11.3 Å². The lowest BCUT2D eigenvalue weighted by Crippen LogP contribution is -2.32. The number of ether oxygens (including phenoxy) is 3. The van der Waals surface area contributed by atoms with Crippen LogP contribution in [0.4, 0.5) is 0 Å². The van der Waals surface area contributed by atoms with Crippen LogP contribution < -0.4 is 14.2 Å². The molecule has 0 N–H and O–H groups in total. The van der Waals surface area contributed by atoms with Crippen LogP contribution in [0.5, 0.6) is 34.5 Å². The summed E-state index contributed by atoms with van der Waals surface area (Å²) >= 11 is 1.74. The molecule has 604 valence electrons. The van der Waals surface area contributed by atoms with Crippen molar-refractivity contribution >= 4 is 22.1 Å². The van der Waals surface area contributed by atoms with Gasteiger partial charge in [-0.05, 0) is 234 Å². The lowest BCUT2D eigenvalue weighted by atomic mass is 9.65. The fourth-order valence-electron chi connectivity index (χ4n) is 21.0. The molecule has 10 nitrogen and oxygen atoms in total. The van der Waals surface area contributed by atoms with Crippen molar-refractivity contribution in [3.05, 3.63) is 503 Å². The lowest BCUT2D eigenvalue weighted by Gasteiger charge is -2.39. The van der Waals surface area contributed by atoms with E-state index in [1.807, 2.05) is 103 Å². The minimum atomic E-state index is -0.546. The zero-order valence-electron chi connectivity index (χ0n) is 69.2. The number of rotatable bonds is 8. The van der Waals surface area contributed by atoms with E-state index in [1.165, 1.54) is 82.8 Å². The van der Waals surface area contributed by atoms with Crippen molar-refractivity contribution in [3.8, 4) is 163 Å². The van der Waals surface area contributed by atoms with E-state index in [2.05, 4.69) is 354 Å². The zero-order valence-corrected chi connectivity index (χ0v) is 70.0. The molecule has 7 heterocycles. The second-order valence-electron chi connectivity index (χ2n) is 33.1. The fraction of sp³-hybridized carbons (Fsp3) is 0.0254. The summed E-state index contributed by atoms with van der Waals surface area (Å²) in [6.45, 7) is 0. The summed E-state index contributed by atoms with van der Waals surface area (Å²) in [5.74, 6) is 7.79. The summed E-state index contributed by atoms with van der Waals surface area (Å²) < 4.78 is 32.6. The van der Waals surface area contributed by atoms with Crippen LogP contribution in [0.15, 0.2) is 440 Å². The molecule has 6 aliphatic rings. The summed E-state index contributed by atoms with van der Waals surface area (Å²) in [5, 5.41) is 29.5. The van der Waals surface area contributed by atoms with E-state index in [0.717, 1.165) is 140 Å². The number of benzene rings is 17. The van der Waals surface area contributed by atoms with Gasteiger partial charge in [0.25, 0.3) is 0 Å². The quantitative estimate of drug-likeness (QED) is 0.145. The number of furan rings is 1. The Balaban J connectivity index is 0.000000105. The topological polar surface area (TPSA) is 129 Å². The van der Waals surface area contributed by atoms with Gasteiger partial charge in [-0.15, -0.1) is 31.7 Å². The third-order valence-corrected chi connectivity index (χ3v) is 27.7. The van der Waals surface area contributed by atoms with Crippen molar-refractivity contribution in [2.75, 3.05) is 0 Å². The molecule has 0 bridgehead atoms. The number of nitriles is 1. The number of hydrogen-bond acceptors (Lipinski definition) is 11. The van der Waals surface area contributed by atoms with Crippen LogP contribution in [0, 0.1) is 11.3 Å². The van der Waals surface area contributed by atoms with Crippen molar-refractivity contribution in [1.29, 1.82) is 5.26 Å². The summed E-state index contributed by atoms with van der Waals surface area (Å²) in [6, 6.07) is 152. The highest BCUT2D eigenvalue weighted by Crippen LogP contribution is 2.67. The van der Waals surface area contributed by atoms with Crippen molar-refractivity contribution in [2.45, 2.75) is 16.2 Å². The molecule has 0 fully saturated rings. The molecule has 3 aliphatic heterocycles. The third-order valence-electron chi connectivity index (χ3n) is 26.5. The average molecular weight is 1670 g/mol. The normalized spacial score (nSPS) is 13.5. The molecular formula is C118H71N5O5S. The second-order valence-corrected chi connectivity index (χ2v) is 34.2. The number of hydrogen-bond donors (Lipinski definition) is 0. The Morgan fingerprint density at radius 2 is 0.605 bits per heavy atom. The predicted octanol–water partition coefficient (Wildman–Crippen LogP) is 29.7. The van der Waals surface area contributed by atoms with E-state index in [-0.39, 0.29) is 0 Å². The predicted molar refractivity (Wildman–Crippen MR) is 511 cm³/mol. The second kappa shape index (κ2) is 29.9. The fourth-order valence-corrected chi connectivity index (χ4v) is 22.0. The smallest absolute Gasteiger partial charge is 0.249 e. The molecule has 0 atom stereocenters. The highest BCUT2D eigenvalue weighted by Gasteiger charge is 2.55. The molecule has 0 saturated heterocycles. The van der Waals surface area contributed by atoms with Crippen LogP contribution in [0.3, 0.4) is 0 Å². The van der Waals surface area contributed by atoms with Gasteiger partial charge in [0.05, 0.1) is 44.0 Å². The minimum absolute atomic E-state index is 0.466. The van der Waals surface area contributed by atoms with Gasteiger partial charge in [0.2, 0.25) is 11.8 Å². The van der Waals surface area contributed by atoms with Gasteiger partial charge in [-0.2, -0.15) is 5.26 Å². The van der Waals surface area contributed by atoms with Crippen LogP contribution in [-0.4, -0.2) is 20.4 Å². The third kappa shape index (κ3) is 11.6. The zero-order chi connectivity index (χ0) is 85.3. The van der Waals surface area contributed by atoms with Gasteiger partial charge in [-0.3, -0.25) is 0 Å². The van der Waals surface area contributed by atoms with Crippen LogP contribution in [0.25, 0.3) is 133 Å². The molecular weight excluding hydrogens is 1600 g/mol. The van der Waals surface area contributed by atoms with Gasteiger partial charge in [0, 0.05) is 60.5 Å². The van der Waals surface area contributed by atoms with Gasteiger partial charge in [0.1, 0.15) is 51.7 Å². The van der Waals surface area contributed by atoms with E-state index < -0.39 is 16.2 Å². The number of para-hydroxylation sites is 3. The molecule has 17 aromatic carbocycles. The van der Waals surface area contributed by atoms with Gasteiger partial charge in [-0.25, -0.2) is 0 Å². The summed E-state index contributed by atoms with van der Waals surface area (Å²) in [6.07, 6.45) is 0. The molecule has 27 rings (SSSR count). The minimum Gasteiger partial charge on any atom is -0.457 e. The Labute approximate surface area is 747 Å². The maximum Gasteiger partial charge on any atom is 0.249 e. The van der Waals surface area contributed by atoms with Gasteiger partial charge in [0.15, 0.2) is 0 Å². The Bertz CT molecular complexity index is 8010. The number of aromatic nitrogens is 4. The van der Waals surface area contributed by atoms with Crippen LogP contribution in [-0.2, 0) is 16.2 Å². The van der Waals surface area contributed by atoms with Crippen molar-refractivity contribution in [1.82, 2.24) is 20.4 Å². The van der Waals surface area contributed by atoms with E-state index in [0.29, 0.717) is 17.3 Å². The van der Waals surface area contributed by atoms with Crippen molar-refractivity contribution in [2.24, 2.45) is 0 Å². The highest BCUT2D eigenvalue weighted by molar-refractivity contribution is 7.18. The first-order valence-corrected chi connectivity index (χ1v) is 44.1. The van der Waals surface area contributed by atoms with Crippen molar-refractivity contribution in [3.63, 3.8) is 0 Å². The molecule has 21 aromatic rings. The Kier molecular flexibility index (Phi) is 17.3. The molecule has 0 unspecified atom stereocenters. The first kappa shape index (κ1) is 74.7. The maximum absolute atomic E-state index is 9.14. The SMILES string of the molecule is N#Cc1ccc(-c2ccc(-c3ccc4c(c3)C3(c5ccccc5O4)c4ccccc4-c4ccccc43)o2)cc1.c1ccc(-c2ccc(-c3ccc(-c4ccc5c(c4)C4(c6ccccc6O5)c5ccccc5-c5ccccc54)s3)nn2)cc1.c1ccc(-c2nnc(-c3c(-c4ccc5c(c4)C4(c6ccccc6O5)c5ccccc5-c5ccccc54)ccc4ccccc34)o2)cc1. The Morgan fingerprint density at radius 3 is 1.09 bits per heavy atom. The van der Waals surface area contributed by atoms with Gasteiger partial charge in [-0.1, -0.05) is 291 Å². The molecule has 0 amide bonds. The molecule has 0 saturated carbocycles. The maximum atomic E-state index is 9.14. The van der Waals surface area contributed by atoms with Crippen LogP contribution in [0.2, 0.25) is 0 Å². The molecule has 3 aliphatic carbocycles. The monoisotopic (exact) mass is 1670 g/mol. The molecule has 0 radical (unpaired) electrons.